The van der Waals surface area contributed by atoms with E-state index in [0.717, 1.165) is 12.8 Å². The molecule has 4 nitrogen and oxygen atoms in total. The molecule has 86 valence electrons. The number of rotatable bonds is 4. The van der Waals surface area contributed by atoms with E-state index in [1.165, 1.54) is 18.3 Å². The third-order valence-corrected chi connectivity index (χ3v) is 2.43. The molecule has 2 N–H and O–H groups in total. The highest BCUT2D eigenvalue weighted by molar-refractivity contribution is 5.84. The van der Waals surface area contributed by atoms with Gasteiger partial charge in [-0.2, -0.15) is 0 Å². The molecule has 1 aromatic heterocycles. The number of halogens is 1. The van der Waals surface area contributed by atoms with Crippen LogP contribution in [0, 0.1) is 5.82 Å². The van der Waals surface area contributed by atoms with Crippen molar-refractivity contribution in [2.75, 3.05) is 5.32 Å². The van der Waals surface area contributed by atoms with Crippen LogP contribution in [0.3, 0.4) is 0 Å². The molecule has 0 radical (unpaired) electrons. The second kappa shape index (κ2) is 4.47. The van der Waals surface area contributed by atoms with Crippen molar-refractivity contribution in [3.63, 3.8) is 0 Å². The topological polar surface area (TPSA) is 54.0 Å². The van der Waals surface area contributed by atoms with Crippen LogP contribution in [0.1, 0.15) is 19.8 Å². The van der Waals surface area contributed by atoms with E-state index in [2.05, 4.69) is 15.6 Å². The van der Waals surface area contributed by atoms with Crippen LogP contribution in [-0.2, 0) is 4.79 Å². The lowest BCUT2D eigenvalue weighted by molar-refractivity contribution is -0.121. The van der Waals surface area contributed by atoms with Gasteiger partial charge in [0, 0.05) is 12.2 Å². The average Bonchev–Trinajstić information content (AvgIpc) is 3.05. The summed E-state index contributed by atoms with van der Waals surface area (Å²) >= 11 is 0. The SMILES string of the molecule is CC(Nc1ncccc1F)C(=O)NC1CC1. The fourth-order valence-electron chi connectivity index (χ4n) is 1.32. The molecule has 1 aliphatic carbocycles. The van der Waals surface area contributed by atoms with Gasteiger partial charge in [-0.1, -0.05) is 0 Å². The van der Waals surface area contributed by atoms with Crippen LogP contribution in [-0.4, -0.2) is 23.0 Å². The van der Waals surface area contributed by atoms with Crippen LogP contribution in [0.4, 0.5) is 10.2 Å². The van der Waals surface area contributed by atoms with Crippen LogP contribution in [0.5, 0.6) is 0 Å². The largest absolute Gasteiger partial charge is 0.356 e. The van der Waals surface area contributed by atoms with Gasteiger partial charge in [0.2, 0.25) is 5.91 Å². The number of hydrogen-bond donors (Lipinski definition) is 2. The number of hydrogen-bond acceptors (Lipinski definition) is 3. The van der Waals surface area contributed by atoms with Crippen LogP contribution in [0.15, 0.2) is 18.3 Å². The lowest BCUT2D eigenvalue weighted by Crippen LogP contribution is -2.39. The number of amides is 1. The maximum Gasteiger partial charge on any atom is 0.242 e. The molecule has 1 aliphatic rings. The number of aromatic nitrogens is 1. The van der Waals surface area contributed by atoms with Gasteiger partial charge in [-0.3, -0.25) is 4.79 Å². The zero-order valence-electron chi connectivity index (χ0n) is 9.03. The highest BCUT2D eigenvalue weighted by Gasteiger charge is 2.25. The van der Waals surface area contributed by atoms with E-state index in [1.54, 1.807) is 6.92 Å². The third-order valence-electron chi connectivity index (χ3n) is 2.43. The first kappa shape index (κ1) is 10.9. The molecular formula is C11H14FN3O. The van der Waals surface area contributed by atoms with Gasteiger partial charge in [-0.25, -0.2) is 9.37 Å². The fourth-order valence-corrected chi connectivity index (χ4v) is 1.32. The summed E-state index contributed by atoms with van der Waals surface area (Å²) in [6, 6.07) is 2.64. The molecular weight excluding hydrogens is 209 g/mol. The standard InChI is InChI=1S/C11H14FN3O/c1-7(11(16)15-8-4-5-8)14-10-9(12)3-2-6-13-10/h2-3,6-8H,4-5H2,1H3,(H,13,14)(H,15,16). The maximum absolute atomic E-state index is 13.2. The molecule has 0 aromatic carbocycles. The lowest BCUT2D eigenvalue weighted by Gasteiger charge is -2.14. The molecule has 1 fully saturated rings. The number of nitrogens with one attached hydrogen (secondary N) is 2. The molecule has 1 unspecified atom stereocenters. The highest BCUT2D eigenvalue weighted by atomic mass is 19.1. The second-order valence-electron chi connectivity index (χ2n) is 3.98. The molecule has 0 saturated heterocycles. The van der Waals surface area contributed by atoms with Crippen LogP contribution >= 0.6 is 0 Å². The van der Waals surface area contributed by atoms with Crippen LogP contribution in [0.25, 0.3) is 0 Å². The molecule has 0 spiro atoms. The molecule has 0 bridgehead atoms. The summed E-state index contributed by atoms with van der Waals surface area (Å²) < 4.78 is 13.2. The van der Waals surface area contributed by atoms with E-state index in [1.807, 2.05) is 0 Å². The number of nitrogens with zero attached hydrogens (tertiary/aromatic N) is 1. The van der Waals surface area contributed by atoms with E-state index in [4.69, 9.17) is 0 Å². The summed E-state index contributed by atoms with van der Waals surface area (Å²) in [5.41, 5.74) is 0. The van der Waals surface area contributed by atoms with Gasteiger partial charge < -0.3 is 10.6 Å². The van der Waals surface area contributed by atoms with Gasteiger partial charge in [-0.15, -0.1) is 0 Å². The summed E-state index contributed by atoms with van der Waals surface area (Å²) in [5, 5.41) is 5.59. The second-order valence-corrected chi connectivity index (χ2v) is 3.98. The number of carbonyl (C=O) groups is 1. The van der Waals surface area contributed by atoms with Crippen molar-refractivity contribution in [3.05, 3.63) is 24.1 Å². The van der Waals surface area contributed by atoms with E-state index in [9.17, 15) is 9.18 Å². The number of anilines is 1. The van der Waals surface area contributed by atoms with Gasteiger partial charge in [-0.05, 0) is 31.9 Å². The molecule has 2 rings (SSSR count). The molecule has 5 heteroatoms. The first-order valence-corrected chi connectivity index (χ1v) is 5.34. The van der Waals surface area contributed by atoms with Crippen LogP contribution < -0.4 is 10.6 Å². The molecule has 1 amide bonds. The summed E-state index contributed by atoms with van der Waals surface area (Å²) in [7, 11) is 0. The Hall–Kier alpha value is -1.65. The van der Waals surface area contributed by atoms with Gasteiger partial charge in [0.1, 0.15) is 6.04 Å². The zero-order chi connectivity index (χ0) is 11.5. The Kier molecular flexibility index (Phi) is 3.03. The Labute approximate surface area is 93.3 Å². The van der Waals surface area contributed by atoms with Gasteiger partial charge in [0.25, 0.3) is 0 Å². The zero-order valence-corrected chi connectivity index (χ0v) is 9.03. The molecule has 1 atom stereocenters. The quantitative estimate of drug-likeness (QED) is 0.809. The minimum absolute atomic E-state index is 0.112. The first-order chi connectivity index (χ1) is 7.66. The smallest absolute Gasteiger partial charge is 0.242 e. The minimum Gasteiger partial charge on any atom is -0.356 e. The lowest BCUT2D eigenvalue weighted by atomic mass is 10.3. The summed E-state index contributed by atoms with van der Waals surface area (Å²) in [5.74, 6) is -0.456. The molecule has 0 aliphatic heterocycles. The Balaban J connectivity index is 1.92. The molecule has 16 heavy (non-hydrogen) atoms. The Morgan fingerprint density at radius 1 is 1.62 bits per heavy atom. The molecule has 1 heterocycles. The predicted octanol–water partition coefficient (Wildman–Crippen LogP) is 1.30. The highest BCUT2D eigenvalue weighted by Crippen LogP contribution is 2.19. The monoisotopic (exact) mass is 223 g/mol. The van der Waals surface area contributed by atoms with E-state index < -0.39 is 11.9 Å². The summed E-state index contributed by atoms with van der Waals surface area (Å²) in [4.78, 5) is 15.4. The Bertz CT molecular complexity index is 393. The summed E-state index contributed by atoms with van der Waals surface area (Å²) in [6.45, 7) is 1.69. The molecule has 1 saturated carbocycles. The van der Waals surface area contributed by atoms with E-state index >= 15 is 0 Å². The Morgan fingerprint density at radius 3 is 3.00 bits per heavy atom. The van der Waals surface area contributed by atoms with Crippen molar-refractivity contribution < 1.29 is 9.18 Å². The van der Waals surface area contributed by atoms with Crippen molar-refractivity contribution in [1.29, 1.82) is 0 Å². The maximum atomic E-state index is 13.2. The van der Waals surface area contributed by atoms with Crippen molar-refractivity contribution in [1.82, 2.24) is 10.3 Å². The van der Waals surface area contributed by atoms with Crippen molar-refractivity contribution in [2.24, 2.45) is 0 Å². The van der Waals surface area contributed by atoms with Crippen LogP contribution in [0.2, 0.25) is 0 Å². The predicted molar refractivity (Wildman–Crippen MR) is 58.4 cm³/mol. The fraction of sp³-hybridized carbons (Fsp3) is 0.455. The van der Waals surface area contributed by atoms with Gasteiger partial charge in [0.15, 0.2) is 11.6 Å². The van der Waals surface area contributed by atoms with Gasteiger partial charge in [0.05, 0.1) is 0 Å². The number of pyridine rings is 1. The normalized spacial score (nSPS) is 16.6. The average molecular weight is 223 g/mol. The minimum atomic E-state index is -0.481. The van der Waals surface area contributed by atoms with Crippen molar-refractivity contribution in [2.45, 2.75) is 31.8 Å². The Morgan fingerprint density at radius 2 is 2.38 bits per heavy atom. The number of carbonyl (C=O) groups excluding carboxylic acids is 1. The summed E-state index contributed by atoms with van der Waals surface area (Å²) in [6.07, 6.45) is 3.56. The van der Waals surface area contributed by atoms with Crippen molar-refractivity contribution >= 4 is 11.7 Å². The third kappa shape index (κ3) is 2.68. The first-order valence-electron chi connectivity index (χ1n) is 5.34. The molecule has 1 aromatic rings. The van der Waals surface area contributed by atoms with Crippen molar-refractivity contribution in [3.8, 4) is 0 Å². The van der Waals surface area contributed by atoms with E-state index in [0.29, 0.717) is 6.04 Å². The van der Waals surface area contributed by atoms with E-state index in [-0.39, 0.29) is 11.7 Å². The van der Waals surface area contributed by atoms with Gasteiger partial charge >= 0.3 is 0 Å².